The van der Waals surface area contributed by atoms with Gasteiger partial charge in [0.1, 0.15) is 6.10 Å². The van der Waals surface area contributed by atoms with Gasteiger partial charge in [0.25, 0.3) is 0 Å². The van der Waals surface area contributed by atoms with Gasteiger partial charge in [-0.15, -0.1) is 0 Å². The first-order valence-electron chi connectivity index (χ1n) is 9.46. The number of rotatable bonds is 4. The summed E-state index contributed by atoms with van der Waals surface area (Å²) in [4.78, 5) is 0. The van der Waals surface area contributed by atoms with Crippen molar-refractivity contribution in [3.63, 3.8) is 0 Å². The molecule has 0 aromatic carbocycles. The minimum absolute atomic E-state index is 0. The predicted molar refractivity (Wildman–Crippen MR) is 91.1 cm³/mol. The summed E-state index contributed by atoms with van der Waals surface area (Å²) in [7, 11) is 0. The maximum Gasteiger partial charge on any atom is 0.184 e. The first kappa shape index (κ1) is 23.3. The van der Waals surface area contributed by atoms with E-state index in [0.29, 0.717) is 23.9 Å². The smallest absolute Gasteiger partial charge is 0.184 e. The predicted octanol–water partition coefficient (Wildman–Crippen LogP) is 3.61. The van der Waals surface area contributed by atoms with Crippen molar-refractivity contribution < 1.29 is 63.4 Å². The normalized spacial score (nSPS) is 49.5. The summed E-state index contributed by atoms with van der Waals surface area (Å²) < 4.78 is 18.5. The third kappa shape index (κ3) is 4.76. The summed E-state index contributed by atoms with van der Waals surface area (Å²) in [6.45, 7) is 15.1. The summed E-state index contributed by atoms with van der Waals surface area (Å²) in [5, 5.41) is 10.6. The largest absolute Gasteiger partial charge is 0.388 e. The average molecular weight is 555 g/mol. The Hall–Kier alpha value is 1.28. The molecule has 5 heteroatoms. The molecule has 10 atom stereocenters. The van der Waals surface area contributed by atoms with Crippen molar-refractivity contribution in [3.8, 4) is 0 Å². The molecule has 4 nitrogen and oxygen atoms in total. The quantitative estimate of drug-likeness (QED) is 0.576. The van der Waals surface area contributed by atoms with Crippen LogP contribution < -0.4 is 0 Å². The van der Waals surface area contributed by atoms with Crippen molar-refractivity contribution in [1.82, 2.24) is 0 Å². The molecule has 0 aromatic heterocycles. The minimum Gasteiger partial charge on any atom is -0.388 e. The SMILES string of the molecule is CCC1O[C@@H](OC2[C@H](C)OC(CC)[C@H](C)[C@@H]2C)C(O)[C@@H](C)[C@H]1C.[Ac]. The van der Waals surface area contributed by atoms with Gasteiger partial charge in [-0.3, -0.25) is 0 Å². The number of hydrogen-bond acceptors (Lipinski definition) is 4. The summed E-state index contributed by atoms with van der Waals surface area (Å²) in [6, 6.07) is 0. The van der Waals surface area contributed by atoms with Gasteiger partial charge in [-0.2, -0.15) is 0 Å². The van der Waals surface area contributed by atoms with E-state index < -0.39 is 12.4 Å². The molecule has 1 N–H and O–H groups in total. The van der Waals surface area contributed by atoms with Gasteiger partial charge >= 0.3 is 0 Å². The van der Waals surface area contributed by atoms with Crippen molar-refractivity contribution in [2.75, 3.05) is 0 Å². The molecular weight excluding hydrogens is 519 g/mol. The maximum absolute atomic E-state index is 10.6. The third-order valence-electron chi connectivity index (χ3n) is 6.42. The first-order chi connectivity index (χ1) is 10.8. The minimum atomic E-state index is -0.577. The molecule has 2 rings (SSSR count). The average Bonchev–Trinajstić information content (AvgIpc) is 2.54. The van der Waals surface area contributed by atoms with E-state index >= 15 is 0 Å². The topological polar surface area (TPSA) is 47.9 Å². The van der Waals surface area contributed by atoms with E-state index in [2.05, 4.69) is 48.5 Å². The second-order valence-electron chi connectivity index (χ2n) is 7.77. The summed E-state index contributed by atoms with van der Waals surface area (Å²) in [5.41, 5.74) is 0. The van der Waals surface area contributed by atoms with Crippen LogP contribution in [0.1, 0.15) is 61.3 Å². The molecule has 2 aliphatic rings. The first-order valence-corrected chi connectivity index (χ1v) is 9.46. The Bertz CT molecular complexity index is 378. The van der Waals surface area contributed by atoms with Gasteiger partial charge in [-0.25, -0.2) is 0 Å². The second-order valence-corrected chi connectivity index (χ2v) is 7.77. The zero-order chi connectivity index (χ0) is 17.3. The molecule has 0 saturated carbocycles. The van der Waals surface area contributed by atoms with Crippen LogP contribution in [0.4, 0.5) is 0 Å². The molecule has 2 heterocycles. The van der Waals surface area contributed by atoms with Gasteiger partial charge in [0, 0.05) is 44.1 Å². The van der Waals surface area contributed by atoms with Crippen LogP contribution in [0.25, 0.3) is 0 Å². The van der Waals surface area contributed by atoms with Crippen molar-refractivity contribution in [2.24, 2.45) is 23.7 Å². The van der Waals surface area contributed by atoms with Gasteiger partial charge in [-0.05, 0) is 43.4 Å². The van der Waals surface area contributed by atoms with Crippen LogP contribution in [0.5, 0.6) is 0 Å². The Labute approximate surface area is 183 Å². The van der Waals surface area contributed by atoms with E-state index in [9.17, 15) is 5.11 Å². The molecule has 2 saturated heterocycles. The van der Waals surface area contributed by atoms with E-state index in [1.807, 2.05) is 0 Å². The van der Waals surface area contributed by atoms with Crippen LogP contribution in [-0.2, 0) is 14.2 Å². The molecule has 0 bridgehead atoms. The van der Waals surface area contributed by atoms with Crippen molar-refractivity contribution >= 4 is 0 Å². The van der Waals surface area contributed by atoms with Crippen molar-refractivity contribution in [3.05, 3.63) is 0 Å². The van der Waals surface area contributed by atoms with Crippen molar-refractivity contribution in [2.45, 2.75) is 98.1 Å². The summed E-state index contributed by atoms with van der Waals surface area (Å²) in [6.07, 6.45) is 1.27. The van der Waals surface area contributed by atoms with E-state index in [-0.39, 0.29) is 68.3 Å². The zero-order valence-electron chi connectivity index (χ0n) is 16.4. The Balaban J connectivity index is 0.00000288. The number of aliphatic hydroxyl groups is 1. The summed E-state index contributed by atoms with van der Waals surface area (Å²) >= 11 is 0. The van der Waals surface area contributed by atoms with Gasteiger partial charge in [-0.1, -0.05) is 41.5 Å². The standard InChI is InChI=1S/C19H36O4.Ac/c1-8-15-11(4)13(6)18(14(7)21-15)23-19-17(20)12(5)10(3)16(9-2)22-19;/h10-20H,8-9H2,1-7H3;/t10-,11-,12+,13+,14+,15?,16?,17?,18?,19+;/m1./s1. The number of ether oxygens (including phenoxy) is 3. The zero-order valence-corrected chi connectivity index (χ0v) is 21.2. The van der Waals surface area contributed by atoms with Crippen LogP contribution in [0.15, 0.2) is 0 Å². The van der Waals surface area contributed by atoms with Crippen LogP contribution in [-0.4, -0.2) is 41.9 Å². The molecule has 2 fully saturated rings. The van der Waals surface area contributed by atoms with E-state index in [0.717, 1.165) is 12.8 Å². The second kappa shape index (κ2) is 10.00. The van der Waals surface area contributed by atoms with Gasteiger partial charge in [0.05, 0.1) is 24.4 Å². The molecule has 0 amide bonds. The molecule has 139 valence electrons. The monoisotopic (exact) mass is 555 g/mol. The van der Waals surface area contributed by atoms with Gasteiger partial charge < -0.3 is 19.3 Å². The molecule has 1 radical (unpaired) electrons. The fraction of sp³-hybridized carbons (Fsp3) is 1.00. The Kier molecular flexibility index (Phi) is 9.72. The fourth-order valence-corrected chi connectivity index (χ4v) is 4.25. The number of hydrogen-bond donors (Lipinski definition) is 1. The van der Waals surface area contributed by atoms with Crippen LogP contribution in [0, 0.1) is 67.7 Å². The van der Waals surface area contributed by atoms with Crippen LogP contribution in [0.2, 0.25) is 0 Å². The van der Waals surface area contributed by atoms with E-state index in [4.69, 9.17) is 14.2 Å². The molecule has 0 aromatic rings. The third-order valence-corrected chi connectivity index (χ3v) is 6.42. The van der Waals surface area contributed by atoms with Gasteiger partial charge in [0.15, 0.2) is 6.29 Å². The Morgan fingerprint density at radius 2 is 1.29 bits per heavy atom. The van der Waals surface area contributed by atoms with E-state index in [1.54, 1.807) is 0 Å². The van der Waals surface area contributed by atoms with Crippen molar-refractivity contribution in [1.29, 1.82) is 0 Å². The number of aliphatic hydroxyl groups excluding tert-OH is 1. The molecule has 0 spiro atoms. The van der Waals surface area contributed by atoms with E-state index in [1.165, 1.54) is 0 Å². The molecule has 24 heavy (non-hydrogen) atoms. The molecule has 0 aliphatic carbocycles. The Morgan fingerprint density at radius 3 is 1.83 bits per heavy atom. The van der Waals surface area contributed by atoms with Crippen LogP contribution >= 0.6 is 0 Å². The molecule has 4 unspecified atom stereocenters. The maximum atomic E-state index is 10.6. The molecular formula is C19H36AcO4. The van der Waals surface area contributed by atoms with Gasteiger partial charge in [0.2, 0.25) is 0 Å². The summed E-state index contributed by atoms with van der Waals surface area (Å²) in [5.74, 6) is 1.35. The Morgan fingerprint density at radius 1 is 0.792 bits per heavy atom. The molecule has 2 aliphatic heterocycles. The fourth-order valence-electron chi connectivity index (χ4n) is 4.25. The van der Waals surface area contributed by atoms with Crippen LogP contribution in [0.3, 0.4) is 0 Å².